The Morgan fingerprint density at radius 2 is 1.96 bits per heavy atom. The Bertz CT molecular complexity index is 761. The Kier molecular flexibility index (Phi) is 6.76. The van der Waals surface area contributed by atoms with E-state index in [1.807, 2.05) is 0 Å². The molecule has 140 valence electrons. The van der Waals surface area contributed by atoms with Gasteiger partial charge in [-0.25, -0.2) is 0 Å². The Hall–Kier alpha value is -2.39. The fraction of sp³-hybridized carbons (Fsp3) is 0.294. The molecule has 9 heteroatoms. The summed E-state index contributed by atoms with van der Waals surface area (Å²) in [6.07, 6.45) is -4.08. The highest BCUT2D eigenvalue weighted by Gasteiger charge is 2.31. The molecule has 4 N–H and O–H groups in total. The van der Waals surface area contributed by atoms with E-state index in [0.29, 0.717) is 18.5 Å². The van der Waals surface area contributed by atoms with Crippen LogP contribution in [-0.4, -0.2) is 18.4 Å². The molecule has 1 aromatic heterocycles. The number of benzene rings is 1. The molecular formula is C17H18F3N3O2S. The summed E-state index contributed by atoms with van der Waals surface area (Å²) in [7, 11) is 0. The lowest BCUT2D eigenvalue weighted by Crippen LogP contribution is -2.25. The summed E-state index contributed by atoms with van der Waals surface area (Å²) in [4.78, 5) is 23.6. The number of halogens is 3. The zero-order valence-corrected chi connectivity index (χ0v) is 14.5. The molecule has 26 heavy (non-hydrogen) atoms. The van der Waals surface area contributed by atoms with Crippen molar-refractivity contribution in [2.45, 2.75) is 25.6 Å². The van der Waals surface area contributed by atoms with Gasteiger partial charge in [-0.2, -0.15) is 24.5 Å². The average molecular weight is 385 g/mol. The Labute approximate surface area is 152 Å². The number of hydrogen-bond donors (Lipinski definition) is 3. The van der Waals surface area contributed by atoms with E-state index in [1.165, 1.54) is 17.4 Å². The molecule has 0 atom stereocenters. The van der Waals surface area contributed by atoms with Crippen molar-refractivity contribution < 1.29 is 22.8 Å². The van der Waals surface area contributed by atoms with Crippen LogP contribution in [0.25, 0.3) is 0 Å². The van der Waals surface area contributed by atoms with Crippen molar-refractivity contribution in [3.05, 3.63) is 51.7 Å². The third-order valence-electron chi connectivity index (χ3n) is 3.49. The predicted molar refractivity (Wildman–Crippen MR) is 93.9 cm³/mol. The molecule has 0 aliphatic heterocycles. The van der Waals surface area contributed by atoms with E-state index >= 15 is 0 Å². The van der Waals surface area contributed by atoms with Gasteiger partial charge in [-0.3, -0.25) is 9.59 Å². The third-order valence-corrected chi connectivity index (χ3v) is 4.17. The van der Waals surface area contributed by atoms with Gasteiger partial charge in [-0.05, 0) is 41.6 Å². The topological polar surface area (TPSA) is 84.2 Å². The van der Waals surface area contributed by atoms with Crippen LogP contribution in [0.2, 0.25) is 0 Å². The molecule has 0 unspecified atom stereocenters. The highest BCUT2D eigenvalue weighted by molar-refractivity contribution is 7.08. The number of alkyl halides is 3. The van der Waals surface area contributed by atoms with Crippen LogP contribution in [0.5, 0.6) is 0 Å². The van der Waals surface area contributed by atoms with Gasteiger partial charge >= 0.3 is 6.18 Å². The summed E-state index contributed by atoms with van der Waals surface area (Å²) in [5, 5.41) is 8.61. The molecule has 1 aromatic carbocycles. The van der Waals surface area contributed by atoms with Gasteiger partial charge in [0.1, 0.15) is 0 Å². The number of hydrogen-bond acceptors (Lipinski definition) is 4. The van der Waals surface area contributed by atoms with Crippen LogP contribution >= 0.6 is 11.3 Å². The van der Waals surface area contributed by atoms with Gasteiger partial charge in [0.15, 0.2) is 0 Å². The summed E-state index contributed by atoms with van der Waals surface area (Å²) in [5.41, 5.74) is 5.42. The highest BCUT2D eigenvalue weighted by Crippen LogP contribution is 2.32. The van der Waals surface area contributed by atoms with Crippen LogP contribution in [0.15, 0.2) is 35.0 Å². The fourth-order valence-corrected chi connectivity index (χ4v) is 2.85. The molecule has 0 fully saturated rings. The van der Waals surface area contributed by atoms with Gasteiger partial charge in [-0.1, -0.05) is 0 Å². The van der Waals surface area contributed by atoms with Gasteiger partial charge in [0, 0.05) is 36.1 Å². The Morgan fingerprint density at radius 3 is 2.58 bits per heavy atom. The van der Waals surface area contributed by atoms with E-state index in [-0.39, 0.29) is 30.1 Å². The molecule has 0 aliphatic rings. The van der Waals surface area contributed by atoms with Crippen molar-refractivity contribution >= 4 is 28.8 Å². The molecule has 0 saturated heterocycles. The Morgan fingerprint density at radius 1 is 1.19 bits per heavy atom. The molecule has 5 nitrogen and oxygen atoms in total. The lowest BCUT2D eigenvalue weighted by Gasteiger charge is -2.12. The van der Waals surface area contributed by atoms with Gasteiger partial charge < -0.3 is 16.4 Å². The average Bonchev–Trinajstić information content (AvgIpc) is 3.12. The highest BCUT2D eigenvalue weighted by atomic mass is 32.1. The maximum atomic E-state index is 12.9. The first-order valence-corrected chi connectivity index (χ1v) is 8.75. The van der Waals surface area contributed by atoms with Gasteiger partial charge in [0.25, 0.3) is 5.91 Å². The van der Waals surface area contributed by atoms with Crippen LogP contribution in [-0.2, 0) is 17.5 Å². The largest absolute Gasteiger partial charge is 0.416 e. The second kappa shape index (κ2) is 8.81. The molecule has 0 aliphatic carbocycles. The molecule has 2 rings (SSSR count). The van der Waals surface area contributed by atoms with E-state index < -0.39 is 17.6 Å². The first-order chi connectivity index (χ1) is 12.3. The van der Waals surface area contributed by atoms with E-state index in [9.17, 15) is 22.8 Å². The van der Waals surface area contributed by atoms with E-state index in [2.05, 4.69) is 10.6 Å². The number of nitrogens with one attached hydrogen (secondary N) is 2. The maximum Gasteiger partial charge on any atom is 0.416 e. The zero-order valence-electron chi connectivity index (χ0n) is 13.7. The number of carbonyl (C=O) groups is 2. The lowest BCUT2D eigenvalue weighted by atomic mass is 10.1. The molecular weight excluding hydrogens is 367 g/mol. The number of thiophene rings is 1. The van der Waals surface area contributed by atoms with Crippen LogP contribution in [0, 0.1) is 0 Å². The number of anilines is 1. The summed E-state index contributed by atoms with van der Waals surface area (Å²) < 4.78 is 38.6. The van der Waals surface area contributed by atoms with Crippen LogP contribution in [0.3, 0.4) is 0 Å². The van der Waals surface area contributed by atoms with E-state index in [4.69, 9.17) is 5.73 Å². The minimum Gasteiger partial charge on any atom is -0.352 e. The summed E-state index contributed by atoms with van der Waals surface area (Å²) in [5.74, 6) is -0.658. The van der Waals surface area contributed by atoms with Crippen LogP contribution < -0.4 is 16.4 Å². The molecule has 0 bridgehead atoms. The minimum absolute atomic E-state index is 0.0487. The first kappa shape index (κ1) is 19.9. The SMILES string of the molecule is NCc1cc(NC(=O)CCCNC(=O)c2ccsc2)cc(C(F)(F)F)c1. The standard InChI is InChI=1S/C17H18F3N3O2S/c18-17(19,20)13-6-11(9-21)7-14(8-13)23-15(24)2-1-4-22-16(25)12-3-5-26-10-12/h3,5-8,10H,1-2,4,9,21H2,(H,22,25)(H,23,24). The number of rotatable bonds is 7. The number of nitrogens with two attached hydrogens (primary N) is 1. The second-order valence-corrected chi connectivity index (χ2v) is 6.32. The summed E-state index contributed by atoms with van der Waals surface area (Å²) in [6.45, 7) is 0.222. The van der Waals surface area contributed by atoms with E-state index in [1.54, 1.807) is 16.8 Å². The molecule has 0 saturated carbocycles. The molecule has 0 radical (unpaired) electrons. The van der Waals surface area contributed by atoms with Crippen molar-refractivity contribution in [3.63, 3.8) is 0 Å². The van der Waals surface area contributed by atoms with Crippen molar-refractivity contribution in [1.82, 2.24) is 5.32 Å². The smallest absolute Gasteiger partial charge is 0.352 e. The molecule has 0 spiro atoms. The van der Waals surface area contributed by atoms with Crippen molar-refractivity contribution in [3.8, 4) is 0 Å². The lowest BCUT2D eigenvalue weighted by molar-refractivity contribution is -0.137. The summed E-state index contributed by atoms with van der Waals surface area (Å²) >= 11 is 1.41. The van der Waals surface area contributed by atoms with Crippen LogP contribution in [0.1, 0.15) is 34.3 Å². The summed E-state index contributed by atoms with van der Waals surface area (Å²) in [6, 6.07) is 4.92. The van der Waals surface area contributed by atoms with Crippen molar-refractivity contribution in [1.29, 1.82) is 0 Å². The van der Waals surface area contributed by atoms with Crippen LogP contribution in [0.4, 0.5) is 18.9 Å². The first-order valence-electron chi connectivity index (χ1n) is 7.81. The number of amides is 2. The van der Waals surface area contributed by atoms with Crippen molar-refractivity contribution in [2.24, 2.45) is 5.73 Å². The van der Waals surface area contributed by atoms with Gasteiger partial charge in [0.2, 0.25) is 5.91 Å². The van der Waals surface area contributed by atoms with Gasteiger partial charge in [-0.15, -0.1) is 0 Å². The predicted octanol–water partition coefficient (Wildman–Crippen LogP) is 3.37. The quantitative estimate of drug-likeness (QED) is 0.639. The monoisotopic (exact) mass is 385 g/mol. The third kappa shape index (κ3) is 5.85. The normalized spacial score (nSPS) is 11.2. The molecule has 2 aromatic rings. The maximum absolute atomic E-state index is 12.9. The van der Waals surface area contributed by atoms with Gasteiger partial charge in [0.05, 0.1) is 5.56 Å². The molecule has 2 amide bonds. The second-order valence-electron chi connectivity index (χ2n) is 5.54. The van der Waals surface area contributed by atoms with E-state index in [0.717, 1.165) is 12.1 Å². The Balaban J connectivity index is 1.84. The zero-order chi connectivity index (χ0) is 19.2. The number of carbonyl (C=O) groups excluding carboxylic acids is 2. The van der Waals surface area contributed by atoms with Crippen molar-refractivity contribution in [2.75, 3.05) is 11.9 Å². The fourth-order valence-electron chi connectivity index (χ4n) is 2.22. The minimum atomic E-state index is -4.52. The molecule has 1 heterocycles.